The summed E-state index contributed by atoms with van der Waals surface area (Å²) >= 11 is 3.29. The molecule has 0 spiro atoms. The summed E-state index contributed by atoms with van der Waals surface area (Å²) in [5, 5.41) is 0. The lowest BCUT2D eigenvalue weighted by Gasteiger charge is -2.12. The Morgan fingerprint density at radius 2 is 2.06 bits per heavy atom. The zero-order valence-corrected chi connectivity index (χ0v) is 10.3. The second kappa shape index (κ2) is 4.39. The van der Waals surface area contributed by atoms with E-state index in [9.17, 15) is 4.39 Å². The van der Waals surface area contributed by atoms with Crippen LogP contribution in [-0.4, -0.2) is 0 Å². The highest BCUT2D eigenvalue weighted by Gasteiger charge is 2.19. The van der Waals surface area contributed by atoms with Crippen molar-refractivity contribution in [3.8, 4) is 0 Å². The van der Waals surface area contributed by atoms with Gasteiger partial charge in [0.1, 0.15) is 17.3 Å². The third-order valence-corrected chi connectivity index (χ3v) is 3.07. The van der Waals surface area contributed by atoms with E-state index in [4.69, 9.17) is 10.2 Å². The van der Waals surface area contributed by atoms with Gasteiger partial charge in [-0.15, -0.1) is 0 Å². The quantitative estimate of drug-likeness (QED) is 0.916. The average molecular weight is 284 g/mol. The fourth-order valence-electron chi connectivity index (χ4n) is 1.57. The van der Waals surface area contributed by atoms with Gasteiger partial charge in [0.05, 0.1) is 6.04 Å². The highest BCUT2D eigenvalue weighted by atomic mass is 79.9. The highest BCUT2D eigenvalue weighted by molar-refractivity contribution is 9.10. The molecule has 4 heteroatoms. The van der Waals surface area contributed by atoms with E-state index in [0.717, 1.165) is 5.76 Å². The summed E-state index contributed by atoms with van der Waals surface area (Å²) in [5.74, 6) is 0.983. The monoisotopic (exact) mass is 283 g/mol. The number of rotatable bonds is 2. The molecule has 1 unspecified atom stereocenters. The van der Waals surface area contributed by atoms with E-state index in [1.54, 1.807) is 18.2 Å². The Morgan fingerprint density at radius 3 is 2.62 bits per heavy atom. The molecule has 0 saturated heterocycles. The topological polar surface area (TPSA) is 39.2 Å². The van der Waals surface area contributed by atoms with Crippen molar-refractivity contribution in [2.45, 2.75) is 13.0 Å². The maximum atomic E-state index is 13.6. The van der Waals surface area contributed by atoms with E-state index in [2.05, 4.69) is 15.9 Å². The molecule has 2 nitrogen and oxygen atoms in total. The molecule has 0 aliphatic heterocycles. The molecule has 84 valence electrons. The summed E-state index contributed by atoms with van der Waals surface area (Å²) in [6.07, 6.45) is 0. The van der Waals surface area contributed by atoms with Crippen molar-refractivity contribution in [1.29, 1.82) is 0 Å². The van der Waals surface area contributed by atoms with Crippen LogP contribution in [0.15, 0.2) is 39.2 Å². The third-order valence-electron chi connectivity index (χ3n) is 2.38. The fraction of sp³-hybridized carbons (Fsp3) is 0.167. The van der Waals surface area contributed by atoms with E-state index >= 15 is 0 Å². The number of nitrogens with two attached hydrogens (primary N) is 1. The van der Waals surface area contributed by atoms with Crippen LogP contribution in [0.2, 0.25) is 0 Å². The molecule has 0 fully saturated rings. The number of halogens is 2. The minimum atomic E-state index is -0.593. The molecule has 0 aliphatic carbocycles. The van der Waals surface area contributed by atoms with Crippen molar-refractivity contribution in [2.24, 2.45) is 5.73 Å². The number of furan rings is 1. The van der Waals surface area contributed by atoms with Gasteiger partial charge in [-0.2, -0.15) is 0 Å². The van der Waals surface area contributed by atoms with Gasteiger partial charge in [-0.1, -0.05) is 22.0 Å². The SMILES string of the molecule is Cc1ccc(C(N)c2c(F)cccc2Br)o1. The van der Waals surface area contributed by atoms with E-state index in [-0.39, 0.29) is 5.82 Å². The molecule has 1 heterocycles. The van der Waals surface area contributed by atoms with Crippen LogP contribution in [0.3, 0.4) is 0 Å². The first-order valence-corrected chi connectivity index (χ1v) is 5.64. The van der Waals surface area contributed by atoms with Crippen LogP contribution in [0, 0.1) is 12.7 Å². The van der Waals surface area contributed by atoms with Crippen molar-refractivity contribution in [3.63, 3.8) is 0 Å². The van der Waals surface area contributed by atoms with Crippen molar-refractivity contribution < 1.29 is 8.81 Å². The second-order valence-electron chi connectivity index (χ2n) is 3.56. The van der Waals surface area contributed by atoms with Crippen molar-refractivity contribution in [1.82, 2.24) is 0 Å². The van der Waals surface area contributed by atoms with Gasteiger partial charge < -0.3 is 10.2 Å². The molecule has 0 radical (unpaired) electrons. The first-order chi connectivity index (χ1) is 7.59. The zero-order chi connectivity index (χ0) is 11.7. The van der Waals surface area contributed by atoms with Crippen LogP contribution in [0.5, 0.6) is 0 Å². The van der Waals surface area contributed by atoms with Crippen LogP contribution in [0.4, 0.5) is 4.39 Å². The van der Waals surface area contributed by atoms with Crippen LogP contribution in [0.1, 0.15) is 23.1 Å². The molecular weight excluding hydrogens is 273 g/mol. The summed E-state index contributed by atoms with van der Waals surface area (Å²) in [5.41, 5.74) is 6.38. The molecule has 1 aromatic heterocycles. The van der Waals surface area contributed by atoms with Crippen LogP contribution < -0.4 is 5.73 Å². The summed E-state index contributed by atoms with van der Waals surface area (Å²) < 4.78 is 19.7. The van der Waals surface area contributed by atoms with Gasteiger partial charge in [0.25, 0.3) is 0 Å². The standard InChI is InChI=1S/C12H11BrFNO/c1-7-5-6-10(16-7)12(15)11-8(13)3-2-4-9(11)14/h2-6,12H,15H2,1H3. The van der Waals surface area contributed by atoms with E-state index in [0.29, 0.717) is 15.8 Å². The number of hydrogen-bond acceptors (Lipinski definition) is 2. The molecule has 1 aromatic carbocycles. The second-order valence-corrected chi connectivity index (χ2v) is 4.42. The molecule has 2 aromatic rings. The fourth-order valence-corrected chi connectivity index (χ4v) is 2.16. The molecule has 0 aliphatic rings. The number of benzene rings is 1. The molecule has 16 heavy (non-hydrogen) atoms. The van der Waals surface area contributed by atoms with Crippen LogP contribution in [0.25, 0.3) is 0 Å². The van der Waals surface area contributed by atoms with Gasteiger partial charge >= 0.3 is 0 Å². The maximum absolute atomic E-state index is 13.6. The summed E-state index contributed by atoms with van der Waals surface area (Å²) in [6, 6.07) is 7.75. The largest absolute Gasteiger partial charge is 0.464 e. The minimum absolute atomic E-state index is 0.337. The lowest BCUT2D eigenvalue weighted by Crippen LogP contribution is -2.13. The molecular formula is C12H11BrFNO. The Balaban J connectivity index is 2.45. The van der Waals surface area contributed by atoms with Gasteiger partial charge in [0, 0.05) is 10.0 Å². The Labute approximate surface area is 101 Å². The van der Waals surface area contributed by atoms with Crippen molar-refractivity contribution >= 4 is 15.9 Å². The van der Waals surface area contributed by atoms with Crippen LogP contribution >= 0.6 is 15.9 Å². The molecule has 0 amide bonds. The van der Waals surface area contributed by atoms with E-state index in [1.165, 1.54) is 6.07 Å². The maximum Gasteiger partial charge on any atom is 0.129 e. The minimum Gasteiger partial charge on any atom is -0.464 e. The Morgan fingerprint density at radius 1 is 1.31 bits per heavy atom. The van der Waals surface area contributed by atoms with Crippen LogP contribution in [-0.2, 0) is 0 Å². The summed E-state index contributed by atoms with van der Waals surface area (Å²) in [4.78, 5) is 0. The van der Waals surface area contributed by atoms with Gasteiger partial charge in [0.2, 0.25) is 0 Å². The molecule has 0 bridgehead atoms. The van der Waals surface area contributed by atoms with Crippen molar-refractivity contribution in [2.75, 3.05) is 0 Å². The van der Waals surface area contributed by atoms with Gasteiger partial charge in [-0.3, -0.25) is 0 Å². The van der Waals surface area contributed by atoms with Gasteiger partial charge in [-0.05, 0) is 31.2 Å². The van der Waals surface area contributed by atoms with Gasteiger partial charge in [-0.25, -0.2) is 4.39 Å². The Hall–Kier alpha value is -1.13. The van der Waals surface area contributed by atoms with Gasteiger partial charge in [0.15, 0.2) is 0 Å². The molecule has 0 saturated carbocycles. The molecule has 1 atom stereocenters. The highest BCUT2D eigenvalue weighted by Crippen LogP contribution is 2.29. The molecule has 2 N–H and O–H groups in total. The van der Waals surface area contributed by atoms with E-state index < -0.39 is 6.04 Å². The lowest BCUT2D eigenvalue weighted by molar-refractivity contribution is 0.459. The molecule has 2 rings (SSSR count). The Kier molecular flexibility index (Phi) is 3.12. The number of hydrogen-bond donors (Lipinski definition) is 1. The Bertz CT molecular complexity index is 489. The zero-order valence-electron chi connectivity index (χ0n) is 8.71. The normalized spacial score (nSPS) is 12.8. The predicted molar refractivity (Wildman–Crippen MR) is 63.6 cm³/mol. The first kappa shape index (κ1) is 11.4. The first-order valence-electron chi connectivity index (χ1n) is 4.85. The summed E-state index contributed by atoms with van der Waals surface area (Å²) in [7, 11) is 0. The average Bonchev–Trinajstić information content (AvgIpc) is 2.64. The third kappa shape index (κ3) is 2.03. The predicted octanol–water partition coefficient (Wildman–Crippen LogP) is 3.54. The summed E-state index contributed by atoms with van der Waals surface area (Å²) in [6.45, 7) is 1.83. The van der Waals surface area contributed by atoms with E-state index in [1.807, 2.05) is 13.0 Å². The van der Waals surface area contributed by atoms with Crippen molar-refractivity contribution in [3.05, 3.63) is 57.7 Å². The lowest BCUT2D eigenvalue weighted by atomic mass is 10.1. The smallest absolute Gasteiger partial charge is 0.129 e. The number of aryl methyl sites for hydroxylation is 1.